The van der Waals surface area contributed by atoms with Crippen molar-refractivity contribution in [1.29, 1.82) is 0 Å². The molecule has 3 aromatic rings. The molecule has 0 bridgehead atoms. The Balaban J connectivity index is 1.53. The molecule has 6 heteroatoms. The van der Waals surface area contributed by atoms with Gasteiger partial charge in [0.05, 0.1) is 10.6 Å². The summed E-state index contributed by atoms with van der Waals surface area (Å²) in [5.74, 6) is -0.276. The highest BCUT2D eigenvalue weighted by molar-refractivity contribution is 8.04. The third kappa shape index (κ3) is 4.84. The summed E-state index contributed by atoms with van der Waals surface area (Å²) < 4.78 is 0. The molecule has 0 radical (unpaired) electrons. The van der Waals surface area contributed by atoms with Crippen LogP contribution in [0.5, 0.6) is 0 Å². The van der Waals surface area contributed by atoms with Crippen molar-refractivity contribution in [3.63, 3.8) is 0 Å². The number of nitrogens with zero attached hydrogens (tertiary/aromatic N) is 1. The Morgan fingerprint density at radius 3 is 2.61 bits per heavy atom. The molecule has 0 saturated heterocycles. The zero-order valence-corrected chi connectivity index (χ0v) is 18.8. The second kappa shape index (κ2) is 9.00. The number of hydrogen-bond acceptors (Lipinski definition) is 3. The van der Waals surface area contributed by atoms with Gasteiger partial charge in [0.2, 0.25) is 0 Å². The second-order valence-corrected chi connectivity index (χ2v) is 8.90. The van der Waals surface area contributed by atoms with Gasteiger partial charge < -0.3 is 10.2 Å². The van der Waals surface area contributed by atoms with Crippen molar-refractivity contribution in [1.82, 2.24) is 5.32 Å². The minimum absolute atomic E-state index is 0.0854. The molecule has 1 heterocycles. The Morgan fingerprint density at radius 1 is 1.10 bits per heavy atom. The van der Waals surface area contributed by atoms with E-state index >= 15 is 0 Å². The number of rotatable bonds is 4. The topological polar surface area (TPSA) is 49.4 Å². The molecule has 4 rings (SSSR count). The lowest BCUT2D eigenvalue weighted by atomic mass is 10.1. The zero-order valence-electron chi connectivity index (χ0n) is 17.2. The molecular formula is C25H21ClN2O2S. The summed E-state index contributed by atoms with van der Waals surface area (Å²) in [6.07, 6.45) is 1.91. The Bertz CT molecular complexity index is 1190. The van der Waals surface area contributed by atoms with Crippen LogP contribution in [0, 0.1) is 6.92 Å². The fraction of sp³-hybridized carbons (Fsp3) is 0.120. The standard InChI is InChI=1S/C25H21ClN2O2S/c1-16-4-3-5-18(12-16)13-23-25(30)28(2)21-14-19(8-11-22(21)31-23)24(29)27-15-17-6-9-20(26)10-7-17/h3-14H,15H2,1-2H3,(H,27,29)/b23-13-. The number of hydrogen-bond donors (Lipinski definition) is 1. The molecule has 1 aliphatic heterocycles. The van der Waals surface area contributed by atoms with Crippen LogP contribution in [0.3, 0.4) is 0 Å². The van der Waals surface area contributed by atoms with Crippen LogP contribution < -0.4 is 10.2 Å². The third-order valence-corrected chi connectivity index (χ3v) is 6.35. The molecule has 31 heavy (non-hydrogen) atoms. The summed E-state index contributed by atoms with van der Waals surface area (Å²) in [6, 6.07) is 20.8. The van der Waals surface area contributed by atoms with Crippen LogP contribution in [0.25, 0.3) is 6.08 Å². The number of thioether (sulfide) groups is 1. The highest BCUT2D eigenvalue weighted by atomic mass is 35.5. The van der Waals surface area contributed by atoms with E-state index in [1.807, 2.05) is 55.5 Å². The largest absolute Gasteiger partial charge is 0.348 e. The SMILES string of the molecule is Cc1cccc(/C=C2\Sc3ccc(C(=O)NCc4ccc(Cl)cc4)cc3N(C)C2=O)c1. The molecule has 1 N–H and O–H groups in total. The Hall–Kier alpha value is -3.02. The lowest BCUT2D eigenvalue weighted by Gasteiger charge is -2.27. The van der Waals surface area contributed by atoms with Gasteiger partial charge in [-0.25, -0.2) is 0 Å². The maximum atomic E-state index is 12.9. The van der Waals surface area contributed by atoms with E-state index in [4.69, 9.17) is 11.6 Å². The summed E-state index contributed by atoms with van der Waals surface area (Å²) in [7, 11) is 1.74. The maximum Gasteiger partial charge on any atom is 0.264 e. The fourth-order valence-electron chi connectivity index (χ4n) is 3.33. The van der Waals surface area contributed by atoms with Gasteiger partial charge in [-0.3, -0.25) is 9.59 Å². The van der Waals surface area contributed by atoms with Gasteiger partial charge in [-0.05, 0) is 54.5 Å². The van der Waals surface area contributed by atoms with Crippen molar-refractivity contribution in [3.8, 4) is 0 Å². The molecule has 0 aromatic heterocycles. The van der Waals surface area contributed by atoms with Crippen LogP contribution in [0.4, 0.5) is 5.69 Å². The van der Waals surface area contributed by atoms with Crippen LogP contribution in [-0.4, -0.2) is 18.9 Å². The minimum Gasteiger partial charge on any atom is -0.348 e. The predicted molar refractivity (Wildman–Crippen MR) is 127 cm³/mol. The Labute approximate surface area is 190 Å². The lowest BCUT2D eigenvalue weighted by Crippen LogP contribution is -2.31. The van der Waals surface area contributed by atoms with Crippen LogP contribution in [0.15, 0.2) is 76.5 Å². The number of carbonyl (C=O) groups excluding carboxylic acids is 2. The van der Waals surface area contributed by atoms with Crippen molar-refractivity contribution in [3.05, 3.63) is 98.9 Å². The molecule has 2 amide bonds. The van der Waals surface area contributed by atoms with Gasteiger partial charge in [0, 0.05) is 29.1 Å². The average molecular weight is 449 g/mol. The predicted octanol–water partition coefficient (Wildman–Crippen LogP) is 5.69. The number of anilines is 1. The van der Waals surface area contributed by atoms with E-state index in [1.165, 1.54) is 11.8 Å². The molecule has 1 aliphatic rings. The highest BCUT2D eigenvalue weighted by Gasteiger charge is 2.27. The van der Waals surface area contributed by atoms with Crippen LogP contribution >= 0.6 is 23.4 Å². The number of carbonyl (C=O) groups is 2. The quantitative estimate of drug-likeness (QED) is 0.522. The van der Waals surface area contributed by atoms with Gasteiger partial charge in [-0.1, -0.05) is 65.3 Å². The van der Waals surface area contributed by atoms with Crippen LogP contribution in [0.1, 0.15) is 27.0 Å². The molecule has 0 aliphatic carbocycles. The van der Waals surface area contributed by atoms with Gasteiger partial charge in [0.1, 0.15) is 0 Å². The molecule has 0 saturated carbocycles. The first-order valence-electron chi connectivity index (χ1n) is 9.82. The first-order valence-corrected chi connectivity index (χ1v) is 11.0. The van der Waals surface area contributed by atoms with Crippen LogP contribution in [-0.2, 0) is 11.3 Å². The summed E-state index contributed by atoms with van der Waals surface area (Å²) in [5, 5.41) is 3.57. The van der Waals surface area contributed by atoms with Crippen molar-refractivity contribution >= 4 is 46.9 Å². The van der Waals surface area contributed by atoms with Gasteiger partial charge in [-0.2, -0.15) is 0 Å². The van der Waals surface area contributed by atoms with Gasteiger partial charge in [0.15, 0.2) is 0 Å². The normalized spacial score (nSPS) is 14.5. The van der Waals surface area contributed by atoms with E-state index in [9.17, 15) is 9.59 Å². The minimum atomic E-state index is -0.190. The van der Waals surface area contributed by atoms with Crippen molar-refractivity contribution in [2.45, 2.75) is 18.4 Å². The molecule has 156 valence electrons. The summed E-state index contributed by atoms with van der Waals surface area (Å²) in [4.78, 5) is 28.8. The van der Waals surface area contributed by atoms with E-state index < -0.39 is 0 Å². The highest BCUT2D eigenvalue weighted by Crippen LogP contribution is 2.42. The number of nitrogens with one attached hydrogen (secondary N) is 1. The average Bonchev–Trinajstić information content (AvgIpc) is 2.76. The first-order chi connectivity index (χ1) is 14.9. The number of fused-ring (bicyclic) bond motifs is 1. The van der Waals surface area contributed by atoms with E-state index in [0.29, 0.717) is 22.0 Å². The van der Waals surface area contributed by atoms with E-state index in [1.54, 1.807) is 36.2 Å². The molecule has 4 nitrogen and oxygen atoms in total. The molecule has 0 fully saturated rings. The zero-order chi connectivity index (χ0) is 22.0. The molecular weight excluding hydrogens is 428 g/mol. The van der Waals surface area contributed by atoms with Gasteiger partial charge >= 0.3 is 0 Å². The smallest absolute Gasteiger partial charge is 0.264 e. The lowest BCUT2D eigenvalue weighted by molar-refractivity contribution is -0.114. The molecule has 3 aromatic carbocycles. The Morgan fingerprint density at radius 2 is 1.87 bits per heavy atom. The molecule has 0 spiro atoms. The van der Waals surface area contributed by atoms with E-state index in [2.05, 4.69) is 5.32 Å². The number of benzene rings is 3. The maximum absolute atomic E-state index is 12.9. The van der Waals surface area contributed by atoms with Gasteiger partial charge in [-0.15, -0.1) is 0 Å². The van der Waals surface area contributed by atoms with Gasteiger partial charge in [0.25, 0.3) is 11.8 Å². The molecule has 0 unspecified atom stereocenters. The Kier molecular flexibility index (Phi) is 6.16. The van der Waals surface area contributed by atoms with Crippen LogP contribution in [0.2, 0.25) is 5.02 Å². The van der Waals surface area contributed by atoms with Crippen molar-refractivity contribution in [2.24, 2.45) is 0 Å². The van der Waals surface area contributed by atoms with Crippen molar-refractivity contribution in [2.75, 3.05) is 11.9 Å². The number of halogens is 1. The van der Waals surface area contributed by atoms with Crippen molar-refractivity contribution < 1.29 is 9.59 Å². The number of likely N-dealkylation sites (N-methyl/N-ethyl adjacent to an activating group) is 1. The van der Waals surface area contributed by atoms with E-state index in [0.717, 1.165) is 27.3 Å². The van der Waals surface area contributed by atoms with E-state index in [-0.39, 0.29) is 11.8 Å². The summed E-state index contributed by atoms with van der Waals surface area (Å²) in [5.41, 5.74) is 4.34. The summed E-state index contributed by atoms with van der Waals surface area (Å²) >= 11 is 7.33. The first kappa shape index (κ1) is 21.2. The molecule has 0 atom stereocenters. The third-order valence-electron chi connectivity index (χ3n) is 5.02. The number of aryl methyl sites for hydroxylation is 1. The monoisotopic (exact) mass is 448 g/mol. The number of amides is 2. The fourth-order valence-corrected chi connectivity index (χ4v) is 4.55. The second-order valence-electron chi connectivity index (χ2n) is 7.38. The summed E-state index contributed by atoms with van der Waals surface area (Å²) in [6.45, 7) is 2.43.